The van der Waals surface area contributed by atoms with Crippen LogP contribution in [-0.2, 0) is 0 Å². The van der Waals surface area contributed by atoms with Gasteiger partial charge in [-0.25, -0.2) is 5.43 Å². The highest BCUT2D eigenvalue weighted by atomic mass is 35.5. The minimum Gasteiger partial charge on any atom is -0.448 e. The van der Waals surface area contributed by atoms with Gasteiger partial charge in [0, 0.05) is 36.1 Å². The molecule has 166 valence electrons. The summed E-state index contributed by atoms with van der Waals surface area (Å²) in [6, 6.07) is 11.4. The van der Waals surface area contributed by atoms with Gasteiger partial charge in [-0.3, -0.25) is 0 Å². The van der Waals surface area contributed by atoms with Crippen molar-refractivity contribution in [1.29, 1.82) is 0 Å². The van der Waals surface area contributed by atoms with Gasteiger partial charge in [0.05, 0.1) is 6.21 Å². The van der Waals surface area contributed by atoms with Gasteiger partial charge in [-0.15, -0.1) is 0 Å². The van der Waals surface area contributed by atoms with Gasteiger partial charge in [-0.2, -0.15) is 20.1 Å². The molecular formula is C22H24ClN7OS. The van der Waals surface area contributed by atoms with Crippen molar-refractivity contribution in [3.63, 3.8) is 0 Å². The first kappa shape index (κ1) is 21.1. The summed E-state index contributed by atoms with van der Waals surface area (Å²) in [7, 11) is 0. The summed E-state index contributed by atoms with van der Waals surface area (Å²) in [5.41, 5.74) is 2.96. The number of hydrogen-bond donors (Lipinski definition) is 1. The molecule has 2 saturated heterocycles. The lowest BCUT2D eigenvalue weighted by atomic mass is 10.4. The van der Waals surface area contributed by atoms with Crippen LogP contribution in [0.15, 0.2) is 55.9 Å². The zero-order valence-electron chi connectivity index (χ0n) is 17.6. The molecule has 2 aliphatic rings. The molecule has 0 unspecified atom stereocenters. The molecule has 1 N–H and O–H groups in total. The molecule has 10 heteroatoms. The van der Waals surface area contributed by atoms with Crippen molar-refractivity contribution in [1.82, 2.24) is 15.0 Å². The summed E-state index contributed by atoms with van der Waals surface area (Å²) < 4.78 is 5.84. The van der Waals surface area contributed by atoms with Gasteiger partial charge in [0.25, 0.3) is 0 Å². The maximum atomic E-state index is 5.94. The normalized spacial score (nSPS) is 16.4. The van der Waals surface area contributed by atoms with E-state index in [1.807, 2.05) is 36.4 Å². The van der Waals surface area contributed by atoms with Gasteiger partial charge in [0.2, 0.25) is 17.8 Å². The van der Waals surface area contributed by atoms with Crippen molar-refractivity contribution in [2.45, 2.75) is 35.7 Å². The van der Waals surface area contributed by atoms with Crippen LogP contribution >= 0.6 is 23.4 Å². The van der Waals surface area contributed by atoms with E-state index < -0.39 is 0 Å². The molecular weight excluding hydrogens is 446 g/mol. The first-order valence-corrected chi connectivity index (χ1v) is 12.0. The summed E-state index contributed by atoms with van der Waals surface area (Å²) in [6.45, 7) is 3.92. The molecule has 2 aromatic heterocycles. The van der Waals surface area contributed by atoms with Crippen LogP contribution in [0.1, 0.15) is 31.4 Å². The van der Waals surface area contributed by atoms with E-state index in [0.717, 1.165) is 48.1 Å². The Bertz CT molecular complexity index is 1040. The van der Waals surface area contributed by atoms with Crippen LogP contribution in [0.2, 0.25) is 5.02 Å². The minimum absolute atomic E-state index is 0.447. The zero-order chi connectivity index (χ0) is 21.8. The smallest absolute Gasteiger partial charge is 0.250 e. The average Bonchev–Trinajstić information content (AvgIpc) is 3.58. The zero-order valence-corrected chi connectivity index (χ0v) is 19.1. The second kappa shape index (κ2) is 9.79. The Morgan fingerprint density at radius 3 is 2.12 bits per heavy atom. The molecule has 2 fully saturated rings. The van der Waals surface area contributed by atoms with Crippen molar-refractivity contribution in [2.24, 2.45) is 5.10 Å². The lowest BCUT2D eigenvalue weighted by Gasteiger charge is -2.20. The Morgan fingerprint density at radius 1 is 0.875 bits per heavy atom. The van der Waals surface area contributed by atoms with E-state index in [0.29, 0.717) is 16.7 Å². The SMILES string of the molecule is Clc1ccc(Sc2ccc(/C=N\Nc3nc(N4CCCC4)nc(N4CCCC4)n3)o2)cc1. The predicted molar refractivity (Wildman–Crippen MR) is 128 cm³/mol. The quantitative estimate of drug-likeness (QED) is 0.386. The molecule has 0 radical (unpaired) electrons. The van der Waals surface area contributed by atoms with Crippen LogP contribution in [0.4, 0.5) is 17.8 Å². The highest BCUT2D eigenvalue weighted by Crippen LogP contribution is 2.29. The summed E-state index contributed by atoms with van der Waals surface area (Å²) in [5, 5.41) is 5.79. The lowest BCUT2D eigenvalue weighted by Crippen LogP contribution is -2.25. The molecule has 1 aromatic carbocycles. The molecule has 0 amide bonds. The Kier molecular flexibility index (Phi) is 6.45. The van der Waals surface area contributed by atoms with E-state index in [1.54, 1.807) is 6.21 Å². The molecule has 3 aromatic rings. The van der Waals surface area contributed by atoms with Crippen molar-refractivity contribution >= 4 is 47.4 Å². The lowest BCUT2D eigenvalue weighted by molar-refractivity contribution is 0.469. The Hall–Kier alpha value is -2.78. The van der Waals surface area contributed by atoms with Crippen molar-refractivity contribution in [2.75, 3.05) is 41.4 Å². The van der Waals surface area contributed by atoms with E-state index >= 15 is 0 Å². The minimum atomic E-state index is 0.447. The van der Waals surface area contributed by atoms with Crippen LogP contribution in [-0.4, -0.2) is 47.3 Å². The van der Waals surface area contributed by atoms with Gasteiger partial charge in [-0.05, 0) is 62.1 Å². The highest BCUT2D eigenvalue weighted by Gasteiger charge is 2.21. The molecule has 0 bridgehead atoms. The summed E-state index contributed by atoms with van der Waals surface area (Å²) >= 11 is 7.47. The highest BCUT2D eigenvalue weighted by molar-refractivity contribution is 7.99. The third kappa shape index (κ3) is 5.16. The maximum Gasteiger partial charge on any atom is 0.250 e. The number of benzene rings is 1. The van der Waals surface area contributed by atoms with Crippen molar-refractivity contribution in [3.8, 4) is 0 Å². The van der Waals surface area contributed by atoms with Crippen LogP contribution in [0.3, 0.4) is 0 Å². The first-order valence-electron chi connectivity index (χ1n) is 10.8. The van der Waals surface area contributed by atoms with Crippen molar-refractivity contribution < 1.29 is 4.42 Å². The van der Waals surface area contributed by atoms with E-state index in [4.69, 9.17) is 21.0 Å². The third-order valence-electron chi connectivity index (χ3n) is 5.38. The van der Waals surface area contributed by atoms with E-state index in [2.05, 4.69) is 30.3 Å². The van der Waals surface area contributed by atoms with E-state index in [9.17, 15) is 0 Å². The number of furan rings is 1. The van der Waals surface area contributed by atoms with Gasteiger partial charge in [-0.1, -0.05) is 23.4 Å². The van der Waals surface area contributed by atoms with Crippen molar-refractivity contribution in [3.05, 3.63) is 47.2 Å². The Balaban J connectivity index is 1.27. The summed E-state index contributed by atoms with van der Waals surface area (Å²) in [6.07, 6.45) is 6.29. The number of nitrogens with zero attached hydrogens (tertiary/aromatic N) is 6. The standard InChI is InChI=1S/C22H24ClN7OS/c23-16-5-8-18(9-6-16)32-19-10-7-17(31-19)15-24-28-20-25-21(29-11-1-2-12-29)27-22(26-20)30-13-3-4-14-30/h5-10,15H,1-4,11-14H2,(H,25,26,27,28)/b24-15-. The number of anilines is 3. The molecule has 32 heavy (non-hydrogen) atoms. The van der Waals surface area contributed by atoms with Crippen LogP contribution in [0, 0.1) is 0 Å². The fraction of sp³-hybridized carbons (Fsp3) is 0.364. The van der Waals surface area contributed by atoms with Crippen LogP contribution < -0.4 is 15.2 Å². The number of halogens is 1. The number of aromatic nitrogens is 3. The van der Waals surface area contributed by atoms with Gasteiger partial charge in [0.1, 0.15) is 5.76 Å². The van der Waals surface area contributed by atoms with Gasteiger partial charge < -0.3 is 14.2 Å². The third-order valence-corrected chi connectivity index (χ3v) is 6.56. The largest absolute Gasteiger partial charge is 0.448 e. The topological polar surface area (TPSA) is 82.7 Å². The molecule has 2 aliphatic heterocycles. The van der Waals surface area contributed by atoms with Gasteiger partial charge in [0.15, 0.2) is 5.09 Å². The summed E-state index contributed by atoms with van der Waals surface area (Å²) in [5.74, 6) is 2.53. The molecule has 4 heterocycles. The molecule has 0 aliphatic carbocycles. The number of rotatable bonds is 7. The predicted octanol–water partition coefficient (Wildman–Crippen LogP) is 4.92. The second-order valence-corrected chi connectivity index (χ2v) is 9.24. The fourth-order valence-electron chi connectivity index (χ4n) is 3.75. The molecule has 0 saturated carbocycles. The van der Waals surface area contributed by atoms with E-state index in [1.165, 1.54) is 37.4 Å². The monoisotopic (exact) mass is 469 g/mol. The van der Waals surface area contributed by atoms with Gasteiger partial charge >= 0.3 is 0 Å². The first-order chi connectivity index (χ1) is 15.7. The number of hydrogen-bond acceptors (Lipinski definition) is 9. The molecule has 0 atom stereocenters. The Labute approximate surface area is 196 Å². The fourth-order valence-corrected chi connectivity index (χ4v) is 4.66. The molecule has 5 rings (SSSR count). The van der Waals surface area contributed by atoms with E-state index in [-0.39, 0.29) is 0 Å². The molecule has 0 spiro atoms. The van der Waals surface area contributed by atoms with Crippen LogP contribution in [0.5, 0.6) is 0 Å². The molecule has 8 nitrogen and oxygen atoms in total. The summed E-state index contributed by atoms with van der Waals surface area (Å²) in [4.78, 5) is 19.4. The second-order valence-electron chi connectivity index (χ2n) is 7.73. The number of nitrogens with one attached hydrogen (secondary N) is 1. The average molecular weight is 470 g/mol. The Morgan fingerprint density at radius 2 is 1.50 bits per heavy atom. The number of hydrazone groups is 1. The maximum absolute atomic E-state index is 5.94. The van der Waals surface area contributed by atoms with Crippen LogP contribution in [0.25, 0.3) is 0 Å².